The Morgan fingerprint density at radius 2 is 1.78 bits per heavy atom. The highest BCUT2D eigenvalue weighted by atomic mass is 79.9. The zero-order valence-corrected chi connectivity index (χ0v) is 11.9. The summed E-state index contributed by atoms with van der Waals surface area (Å²) in [5.74, 6) is 0.805. The molecule has 0 fully saturated rings. The van der Waals surface area contributed by atoms with Crippen molar-refractivity contribution in [2.24, 2.45) is 0 Å². The van der Waals surface area contributed by atoms with Gasteiger partial charge in [0.25, 0.3) is 0 Å². The van der Waals surface area contributed by atoms with E-state index in [1.807, 2.05) is 49.4 Å². The van der Waals surface area contributed by atoms with Gasteiger partial charge >= 0.3 is 0 Å². The topological polar surface area (TPSA) is 29.5 Å². The van der Waals surface area contributed by atoms with Crippen LogP contribution in [0.25, 0.3) is 0 Å². The summed E-state index contributed by atoms with van der Waals surface area (Å²) in [7, 11) is 1.64. The van der Waals surface area contributed by atoms with E-state index in [-0.39, 0.29) is 0 Å². The van der Waals surface area contributed by atoms with E-state index in [1.165, 1.54) is 0 Å². The van der Waals surface area contributed by atoms with Gasteiger partial charge in [0, 0.05) is 4.47 Å². The van der Waals surface area contributed by atoms with Gasteiger partial charge in [-0.3, -0.25) is 0 Å². The van der Waals surface area contributed by atoms with Crippen molar-refractivity contribution >= 4 is 15.9 Å². The van der Waals surface area contributed by atoms with Crippen LogP contribution in [0.2, 0.25) is 0 Å². The van der Waals surface area contributed by atoms with Crippen molar-refractivity contribution in [3.05, 3.63) is 63.6 Å². The molecule has 0 spiro atoms. The van der Waals surface area contributed by atoms with Crippen LogP contribution in [0.5, 0.6) is 5.75 Å². The van der Waals surface area contributed by atoms with E-state index >= 15 is 0 Å². The molecule has 3 heteroatoms. The second-order valence-electron chi connectivity index (χ2n) is 4.18. The normalized spacial score (nSPS) is 12.2. The molecule has 0 saturated heterocycles. The number of hydrogen-bond donors (Lipinski definition) is 1. The Labute approximate surface area is 115 Å². The Morgan fingerprint density at radius 3 is 2.33 bits per heavy atom. The lowest BCUT2D eigenvalue weighted by Gasteiger charge is -2.15. The summed E-state index contributed by atoms with van der Waals surface area (Å²) in [5, 5.41) is 10.4. The zero-order valence-electron chi connectivity index (χ0n) is 10.4. The minimum absolute atomic E-state index is 0.607. The van der Waals surface area contributed by atoms with Gasteiger partial charge in [0.1, 0.15) is 11.9 Å². The lowest BCUT2D eigenvalue weighted by Crippen LogP contribution is -2.02. The molecule has 0 radical (unpaired) electrons. The summed E-state index contributed by atoms with van der Waals surface area (Å²) in [6.07, 6.45) is -0.607. The van der Waals surface area contributed by atoms with Gasteiger partial charge in [0.05, 0.1) is 7.11 Å². The lowest BCUT2D eigenvalue weighted by molar-refractivity contribution is 0.219. The van der Waals surface area contributed by atoms with Crippen molar-refractivity contribution < 1.29 is 9.84 Å². The number of aryl methyl sites for hydroxylation is 1. The molecule has 94 valence electrons. The Morgan fingerprint density at radius 1 is 1.11 bits per heavy atom. The first kappa shape index (κ1) is 13.1. The van der Waals surface area contributed by atoms with Gasteiger partial charge in [0.2, 0.25) is 0 Å². The van der Waals surface area contributed by atoms with Crippen LogP contribution >= 0.6 is 15.9 Å². The Bertz CT molecular complexity index is 535. The van der Waals surface area contributed by atoms with Crippen LogP contribution in [0.1, 0.15) is 22.8 Å². The van der Waals surface area contributed by atoms with Crippen molar-refractivity contribution in [1.82, 2.24) is 0 Å². The minimum Gasteiger partial charge on any atom is -0.497 e. The highest BCUT2D eigenvalue weighted by molar-refractivity contribution is 9.10. The number of aliphatic hydroxyl groups is 1. The predicted molar refractivity (Wildman–Crippen MR) is 75.9 cm³/mol. The first-order chi connectivity index (χ1) is 8.61. The molecule has 1 unspecified atom stereocenters. The molecule has 1 atom stereocenters. The summed E-state index contributed by atoms with van der Waals surface area (Å²) in [5.41, 5.74) is 2.80. The van der Waals surface area contributed by atoms with Crippen LogP contribution in [-0.4, -0.2) is 12.2 Å². The van der Waals surface area contributed by atoms with Crippen LogP contribution in [0, 0.1) is 6.92 Å². The Balaban J connectivity index is 2.33. The molecule has 2 aromatic rings. The first-order valence-electron chi connectivity index (χ1n) is 5.70. The van der Waals surface area contributed by atoms with Crippen LogP contribution in [0.4, 0.5) is 0 Å². The van der Waals surface area contributed by atoms with Crippen molar-refractivity contribution in [2.75, 3.05) is 7.11 Å². The van der Waals surface area contributed by atoms with Crippen molar-refractivity contribution in [2.45, 2.75) is 13.0 Å². The first-order valence-corrected chi connectivity index (χ1v) is 6.49. The third-order valence-corrected chi connectivity index (χ3v) is 3.49. The summed E-state index contributed by atoms with van der Waals surface area (Å²) >= 11 is 3.39. The van der Waals surface area contributed by atoms with E-state index < -0.39 is 6.10 Å². The van der Waals surface area contributed by atoms with E-state index in [0.717, 1.165) is 26.9 Å². The van der Waals surface area contributed by atoms with Crippen molar-refractivity contribution in [3.63, 3.8) is 0 Å². The summed E-state index contributed by atoms with van der Waals surface area (Å²) < 4.78 is 6.17. The second kappa shape index (κ2) is 5.55. The van der Waals surface area contributed by atoms with Crippen LogP contribution < -0.4 is 4.74 Å². The van der Waals surface area contributed by atoms with Gasteiger partial charge in [-0.15, -0.1) is 0 Å². The minimum atomic E-state index is -0.607. The molecule has 2 aromatic carbocycles. The number of benzene rings is 2. The van der Waals surface area contributed by atoms with Gasteiger partial charge in [-0.25, -0.2) is 0 Å². The van der Waals surface area contributed by atoms with E-state index in [2.05, 4.69) is 15.9 Å². The van der Waals surface area contributed by atoms with Gasteiger partial charge in [-0.1, -0.05) is 34.1 Å². The smallest absolute Gasteiger partial charge is 0.119 e. The molecular formula is C15H15BrO2. The third-order valence-electron chi connectivity index (χ3n) is 2.96. The largest absolute Gasteiger partial charge is 0.497 e. The van der Waals surface area contributed by atoms with E-state index in [4.69, 9.17) is 4.74 Å². The molecule has 2 nitrogen and oxygen atoms in total. The number of methoxy groups -OCH3 is 1. The molecule has 1 N–H and O–H groups in total. The summed E-state index contributed by atoms with van der Waals surface area (Å²) in [4.78, 5) is 0. The van der Waals surface area contributed by atoms with Crippen molar-refractivity contribution in [1.29, 1.82) is 0 Å². The molecule has 0 aliphatic carbocycles. The van der Waals surface area contributed by atoms with E-state index in [9.17, 15) is 5.11 Å². The number of halogens is 1. The van der Waals surface area contributed by atoms with E-state index in [1.54, 1.807) is 7.11 Å². The Hall–Kier alpha value is -1.32. The maximum Gasteiger partial charge on any atom is 0.119 e. The molecular weight excluding hydrogens is 292 g/mol. The molecule has 0 aliphatic heterocycles. The highest BCUT2D eigenvalue weighted by Crippen LogP contribution is 2.28. The monoisotopic (exact) mass is 306 g/mol. The maximum absolute atomic E-state index is 10.4. The molecule has 0 aliphatic rings. The van der Waals surface area contributed by atoms with Gasteiger partial charge in [-0.2, -0.15) is 0 Å². The number of ether oxygens (including phenoxy) is 1. The fraction of sp³-hybridized carbons (Fsp3) is 0.200. The number of rotatable bonds is 3. The zero-order chi connectivity index (χ0) is 13.1. The van der Waals surface area contributed by atoms with Gasteiger partial charge in [0.15, 0.2) is 0 Å². The number of hydrogen-bond acceptors (Lipinski definition) is 2. The fourth-order valence-electron chi connectivity index (χ4n) is 1.91. The molecule has 0 saturated carbocycles. The molecule has 18 heavy (non-hydrogen) atoms. The lowest BCUT2D eigenvalue weighted by atomic mass is 9.97. The van der Waals surface area contributed by atoms with Crippen molar-refractivity contribution in [3.8, 4) is 5.75 Å². The summed E-state index contributed by atoms with van der Waals surface area (Å²) in [6.45, 7) is 1.97. The summed E-state index contributed by atoms with van der Waals surface area (Å²) in [6, 6.07) is 13.4. The highest BCUT2D eigenvalue weighted by Gasteiger charge is 2.13. The standard InChI is InChI=1S/C15H15BrO2/c1-10-9-13(18-2)7-8-14(10)15(17)11-3-5-12(16)6-4-11/h3-9,15,17H,1-2H3. The van der Waals surface area contributed by atoms with Gasteiger partial charge < -0.3 is 9.84 Å². The average molecular weight is 307 g/mol. The molecule has 0 amide bonds. The Kier molecular flexibility index (Phi) is 4.04. The predicted octanol–water partition coefficient (Wildman–Crippen LogP) is 3.85. The third kappa shape index (κ3) is 2.74. The molecule has 0 aromatic heterocycles. The fourth-order valence-corrected chi connectivity index (χ4v) is 2.17. The average Bonchev–Trinajstić information content (AvgIpc) is 2.38. The second-order valence-corrected chi connectivity index (χ2v) is 5.09. The SMILES string of the molecule is COc1ccc(C(O)c2ccc(Br)cc2)c(C)c1. The molecule has 0 heterocycles. The van der Waals surface area contributed by atoms with Crippen LogP contribution in [0.3, 0.4) is 0 Å². The quantitative estimate of drug-likeness (QED) is 0.933. The molecule has 2 rings (SSSR count). The maximum atomic E-state index is 10.4. The van der Waals surface area contributed by atoms with Crippen LogP contribution in [-0.2, 0) is 0 Å². The van der Waals surface area contributed by atoms with Crippen LogP contribution in [0.15, 0.2) is 46.9 Å². The van der Waals surface area contributed by atoms with E-state index in [0.29, 0.717) is 0 Å². The number of aliphatic hydroxyl groups excluding tert-OH is 1. The van der Waals surface area contributed by atoms with Gasteiger partial charge in [-0.05, 0) is 47.9 Å². The molecule has 0 bridgehead atoms.